The van der Waals surface area contributed by atoms with Gasteiger partial charge in [-0.2, -0.15) is 5.26 Å². The minimum absolute atomic E-state index is 0.232. The summed E-state index contributed by atoms with van der Waals surface area (Å²) < 4.78 is 0. The fourth-order valence-corrected chi connectivity index (χ4v) is 2.29. The third kappa shape index (κ3) is 2.68. The smallest absolute Gasteiger partial charge is 0.161 e. The molecule has 0 radical (unpaired) electrons. The monoisotopic (exact) mass is 251 g/mol. The predicted molar refractivity (Wildman–Crippen MR) is 66.0 cm³/mol. The van der Waals surface area contributed by atoms with Crippen LogP contribution in [-0.4, -0.2) is 29.8 Å². The van der Waals surface area contributed by atoms with Crippen LogP contribution in [0.4, 0.5) is 5.82 Å². The molecule has 17 heavy (non-hydrogen) atoms. The number of rotatable bonds is 3. The Morgan fingerprint density at radius 2 is 2.41 bits per heavy atom. The van der Waals surface area contributed by atoms with Gasteiger partial charge in [0, 0.05) is 19.7 Å². The maximum Gasteiger partial charge on any atom is 0.161 e. The number of aromatic nitrogens is 1. The van der Waals surface area contributed by atoms with Gasteiger partial charge in [-0.1, -0.05) is 11.6 Å². The molecule has 1 aromatic heterocycles. The van der Waals surface area contributed by atoms with E-state index in [1.807, 2.05) is 12.1 Å². The second kappa shape index (κ2) is 5.35. The Kier molecular flexibility index (Phi) is 3.82. The summed E-state index contributed by atoms with van der Waals surface area (Å²) in [6.45, 7) is 2.04. The van der Waals surface area contributed by atoms with Crippen LogP contribution >= 0.6 is 11.6 Å². The van der Waals surface area contributed by atoms with Crippen LogP contribution in [0, 0.1) is 17.2 Å². The zero-order chi connectivity index (χ0) is 12.3. The zero-order valence-corrected chi connectivity index (χ0v) is 10.2. The average molecular weight is 252 g/mol. The molecule has 1 aromatic rings. The minimum atomic E-state index is 0.232. The standard InChI is InChI=1S/C12H14ClN3O/c13-10-1-2-12(15-11(10)7-14)16-5-3-9(8-16)4-6-17/h1-2,9,17H,3-6,8H2/t9-/m0/s1. The average Bonchev–Trinajstić information content (AvgIpc) is 2.79. The molecule has 0 spiro atoms. The van der Waals surface area contributed by atoms with E-state index in [1.165, 1.54) is 0 Å². The Morgan fingerprint density at radius 1 is 1.59 bits per heavy atom. The number of halogens is 1. The summed E-state index contributed by atoms with van der Waals surface area (Å²) in [5.41, 5.74) is 0.273. The summed E-state index contributed by atoms with van der Waals surface area (Å²) in [5.74, 6) is 1.31. The van der Waals surface area contributed by atoms with E-state index in [1.54, 1.807) is 6.07 Å². The van der Waals surface area contributed by atoms with Crippen molar-refractivity contribution in [2.24, 2.45) is 5.92 Å². The molecule has 1 fully saturated rings. The summed E-state index contributed by atoms with van der Waals surface area (Å²) in [6, 6.07) is 5.53. The second-order valence-corrected chi connectivity index (χ2v) is 4.63. The molecule has 1 aliphatic heterocycles. The molecule has 1 saturated heterocycles. The largest absolute Gasteiger partial charge is 0.396 e. The highest BCUT2D eigenvalue weighted by atomic mass is 35.5. The van der Waals surface area contributed by atoms with Crippen molar-refractivity contribution in [2.45, 2.75) is 12.8 Å². The first kappa shape index (κ1) is 12.2. The molecule has 0 aromatic carbocycles. The van der Waals surface area contributed by atoms with Crippen LogP contribution in [0.1, 0.15) is 18.5 Å². The molecule has 1 atom stereocenters. The van der Waals surface area contributed by atoms with Crippen molar-refractivity contribution in [3.05, 3.63) is 22.8 Å². The lowest BCUT2D eigenvalue weighted by Crippen LogP contribution is -2.21. The van der Waals surface area contributed by atoms with Gasteiger partial charge in [0.15, 0.2) is 5.69 Å². The highest BCUT2D eigenvalue weighted by Crippen LogP contribution is 2.25. The third-order valence-corrected chi connectivity index (χ3v) is 3.39. The summed E-state index contributed by atoms with van der Waals surface area (Å²) in [5, 5.41) is 18.2. The predicted octanol–water partition coefficient (Wildman–Crippen LogP) is 1.82. The Hall–Kier alpha value is -1.31. The Balaban J connectivity index is 2.11. The van der Waals surface area contributed by atoms with E-state index >= 15 is 0 Å². The molecule has 4 nitrogen and oxygen atoms in total. The summed E-state index contributed by atoms with van der Waals surface area (Å²) in [4.78, 5) is 6.37. The molecule has 0 bridgehead atoms. The molecule has 90 valence electrons. The van der Waals surface area contributed by atoms with E-state index in [0.29, 0.717) is 10.9 Å². The lowest BCUT2D eigenvalue weighted by Gasteiger charge is -2.17. The van der Waals surface area contributed by atoms with Gasteiger partial charge in [-0.05, 0) is 30.9 Å². The van der Waals surface area contributed by atoms with Crippen molar-refractivity contribution in [3.8, 4) is 6.07 Å². The first-order valence-corrected chi connectivity index (χ1v) is 6.05. The molecule has 1 N–H and O–H groups in total. The van der Waals surface area contributed by atoms with Crippen molar-refractivity contribution < 1.29 is 5.11 Å². The third-order valence-electron chi connectivity index (χ3n) is 3.08. The number of aliphatic hydroxyl groups is 1. The number of pyridine rings is 1. The van der Waals surface area contributed by atoms with Gasteiger partial charge in [-0.15, -0.1) is 0 Å². The minimum Gasteiger partial charge on any atom is -0.396 e. The quantitative estimate of drug-likeness (QED) is 0.890. The normalized spacial score (nSPS) is 19.4. The lowest BCUT2D eigenvalue weighted by atomic mass is 10.1. The topological polar surface area (TPSA) is 60.2 Å². The first-order valence-electron chi connectivity index (χ1n) is 5.67. The van der Waals surface area contributed by atoms with Crippen LogP contribution in [0.3, 0.4) is 0 Å². The zero-order valence-electron chi connectivity index (χ0n) is 9.43. The van der Waals surface area contributed by atoms with Gasteiger partial charge in [0.2, 0.25) is 0 Å². The van der Waals surface area contributed by atoms with Crippen LogP contribution in [0.15, 0.2) is 12.1 Å². The summed E-state index contributed by atoms with van der Waals surface area (Å²) >= 11 is 5.84. The summed E-state index contributed by atoms with van der Waals surface area (Å²) in [7, 11) is 0. The molecule has 2 rings (SSSR count). The number of hydrogen-bond acceptors (Lipinski definition) is 4. The fraction of sp³-hybridized carbons (Fsp3) is 0.500. The van der Waals surface area contributed by atoms with Crippen LogP contribution < -0.4 is 4.90 Å². The number of nitriles is 1. The number of anilines is 1. The van der Waals surface area contributed by atoms with Gasteiger partial charge in [0.1, 0.15) is 11.9 Å². The lowest BCUT2D eigenvalue weighted by molar-refractivity contribution is 0.263. The highest BCUT2D eigenvalue weighted by molar-refractivity contribution is 6.31. The highest BCUT2D eigenvalue weighted by Gasteiger charge is 2.23. The molecule has 0 amide bonds. The van der Waals surface area contributed by atoms with E-state index < -0.39 is 0 Å². The maximum atomic E-state index is 8.91. The molecule has 0 saturated carbocycles. The molecular weight excluding hydrogens is 238 g/mol. The van der Waals surface area contributed by atoms with Gasteiger partial charge >= 0.3 is 0 Å². The van der Waals surface area contributed by atoms with Crippen molar-refractivity contribution in [3.63, 3.8) is 0 Å². The molecule has 0 aliphatic carbocycles. The van der Waals surface area contributed by atoms with E-state index in [4.69, 9.17) is 22.0 Å². The van der Waals surface area contributed by atoms with Crippen molar-refractivity contribution >= 4 is 17.4 Å². The van der Waals surface area contributed by atoms with Gasteiger partial charge in [0.25, 0.3) is 0 Å². The van der Waals surface area contributed by atoms with E-state index in [0.717, 1.165) is 31.7 Å². The summed E-state index contributed by atoms with van der Waals surface area (Å²) in [6.07, 6.45) is 1.89. The van der Waals surface area contributed by atoms with E-state index in [-0.39, 0.29) is 12.3 Å². The van der Waals surface area contributed by atoms with Gasteiger partial charge < -0.3 is 10.0 Å². The Labute approximate surface area is 105 Å². The van der Waals surface area contributed by atoms with Gasteiger partial charge in [0.05, 0.1) is 5.02 Å². The first-order chi connectivity index (χ1) is 8.24. The Bertz CT molecular complexity index is 444. The van der Waals surface area contributed by atoms with E-state index in [9.17, 15) is 0 Å². The Morgan fingerprint density at radius 3 is 3.12 bits per heavy atom. The molecule has 5 heteroatoms. The van der Waals surface area contributed by atoms with Gasteiger partial charge in [-0.25, -0.2) is 4.98 Å². The number of nitrogens with zero attached hydrogens (tertiary/aromatic N) is 3. The number of hydrogen-bond donors (Lipinski definition) is 1. The van der Waals surface area contributed by atoms with Crippen LogP contribution in [-0.2, 0) is 0 Å². The maximum absolute atomic E-state index is 8.91. The fourth-order valence-electron chi connectivity index (χ4n) is 2.15. The van der Waals surface area contributed by atoms with Crippen LogP contribution in [0.5, 0.6) is 0 Å². The van der Waals surface area contributed by atoms with E-state index in [2.05, 4.69) is 9.88 Å². The SMILES string of the molecule is N#Cc1nc(N2CC[C@@H](CCO)C2)ccc1Cl. The molecule has 2 heterocycles. The second-order valence-electron chi connectivity index (χ2n) is 4.22. The molecule has 0 unspecified atom stereocenters. The van der Waals surface area contributed by atoms with Crippen molar-refractivity contribution in [1.29, 1.82) is 5.26 Å². The van der Waals surface area contributed by atoms with Gasteiger partial charge in [-0.3, -0.25) is 0 Å². The van der Waals surface area contributed by atoms with Crippen molar-refractivity contribution in [2.75, 3.05) is 24.6 Å². The molecular formula is C12H14ClN3O. The van der Waals surface area contributed by atoms with Crippen LogP contribution in [0.2, 0.25) is 5.02 Å². The number of aliphatic hydroxyl groups excluding tert-OH is 1. The van der Waals surface area contributed by atoms with Crippen LogP contribution in [0.25, 0.3) is 0 Å². The van der Waals surface area contributed by atoms with Crippen molar-refractivity contribution in [1.82, 2.24) is 4.98 Å². The molecule has 1 aliphatic rings.